The average molecular weight is 172 g/mol. The lowest BCUT2D eigenvalue weighted by Gasteiger charge is -2.05. The van der Waals surface area contributed by atoms with Crippen LogP contribution in [0.5, 0.6) is 5.75 Å². The molecular formula is C11H10NO. The van der Waals surface area contributed by atoms with E-state index in [4.69, 9.17) is 10.00 Å². The second-order valence-electron chi connectivity index (χ2n) is 2.43. The lowest BCUT2D eigenvalue weighted by molar-refractivity contribution is 0.339. The van der Waals surface area contributed by atoms with Gasteiger partial charge in [-0.3, -0.25) is 0 Å². The topological polar surface area (TPSA) is 33.0 Å². The first-order valence-electron chi connectivity index (χ1n) is 4.02. The highest BCUT2D eigenvalue weighted by Gasteiger charge is 2.00. The van der Waals surface area contributed by atoms with Gasteiger partial charge in [-0.15, -0.1) is 0 Å². The van der Waals surface area contributed by atoms with Crippen molar-refractivity contribution in [3.63, 3.8) is 0 Å². The molecule has 0 saturated heterocycles. The summed E-state index contributed by atoms with van der Waals surface area (Å²) >= 11 is 0. The summed E-state index contributed by atoms with van der Waals surface area (Å²) in [5, 5.41) is 8.64. The van der Waals surface area contributed by atoms with E-state index in [1.54, 1.807) is 18.2 Å². The number of nitrogens with zero attached hydrogens (tertiary/aromatic N) is 1. The van der Waals surface area contributed by atoms with E-state index in [1.165, 1.54) is 0 Å². The molecular weight excluding hydrogens is 162 g/mol. The van der Waals surface area contributed by atoms with Gasteiger partial charge in [-0.1, -0.05) is 6.58 Å². The highest BCUT2D eigenvalue weighted by Crippen LogP contribution is 2.19. The molecule has 0 spiro atoms. The molecule has 0 aliphatic carbocycles. The number of ether oxygens (including phenoxy) is 1. The van der Waals surface area contributed by atoms with Gasteiger partial charge in [-0.25, -0.2) is 0 Å². The molecule has 0 N–H and O–H groups in total. The van der Waals surface area contributed by atoms with E-state index in [0.717, 1.165) is 11.3 Å². The largest absolute Gasteiger partial charge is 0.493 e. The Labute approximate surface area is 78.1 Å². The summed E-state index contributed by atoms with van der Waals surface area (Å²) in [7, 11) is 0. The van der Waals surface area contributed by atoms with Gasteiger partial charge in [0, 0.05) is 5.56 Å². The zero-order valence-corrected chi connectivity index (χ0v) is 7.50. The monoisotopic (exact) mass is 172 g/mol. The average Bonchev–Trinajstić information content (AvgIpc) is 2.19. The predicted octanol–water partition coefficient (Wildman–Crippen LogP) is 2.29. The van der Waals surface area contributed by atoms with Crippen molar-refractivity contribution in [1.82, 2.24) is 0 Å². The van der Waals surface area contributed by atoms with Crippen LogP contribution in [0.15, 0.2) is 24.8 Å². The van der Waals surface area contributed by atoms with Gasteiger partial charge in [0.25, 0.3) is 0 Å². The van der Waals surface area contributed by atoms with Crippen LogP contribution in [-0.4, -0.2) is 6.61 Å². The van der Waals surface area contributed by atoms with Crippen LogP contribution in [0.1, 0.15) is 18.1 Å². The summed E-state index contributed by atoms with van der Waals surface area (Å²) in [6, 6.07) is 7.23. The van der Waals surface area contributed by atoms with E-state index in [9.17, 15) is 0 Å². The summed E-state index contributed by atoms with van der Waals surface area (Å²) in [5.74, 6) is 0.719. The first-order chi connectivity index (χ1) is 6.31. The van der Waals surface area contributed by atoms with Crippen molar-refractivity contribution in [1.29, 1.82) is 5.26 Å². The third-order valence-corrected chi connectivity index (χ3v) is 1.60. The quantitative estimate of drug-likeness (QED) is 0.700. The second kappa shape index (κ2) is 4.32. The summed E-state index contributed by atoms with van der Waals surface area (Å²) in [6.07, 6.45) is 2.73. The van der Waals surface area contributed by atoms with Gasteiger partial charge in [0.15, 0.2) is 0 Å². The summed E-state index contributed by atoms with van der Waals surface area (Å²) in [4.78, 5) is 0. The van der Waals surface area contributed by atoms with E-state index in [-0.39, 0.29) is 0 Å². The number of benzene rings is 1. The van der Waals surface area contributed by atoms with Crippen LogP contribution in [0.3, 0.4) is 0 Å². The van der Waals surface area contributed by atoms with Crippen molar-refractivity contribution < 1.29 is 4.74 Å². The fourth-order valence-electron chi connectivity index (χ4n) is 1.02. The molecule has 0 aliphatic rings. The van der Waals surface area contributed by atoms with Crippen LogP contribution >= 0.6 is 0 Å². The van der Waals surface area contributed by atoms with Crippen molar-refractivity contribution >= 4 is 0 Å². The van der Waals surface area contributed by atoms with Crippen LogP contribution < -0.4 is 4.74 Å². The summed E-state index contributed by atoms with van der Waals surface area (Å²) in [5.41, 5.74) is 1.33. The number of hydrogen-bond acceptors (Lipinski definition) is 2. The third kappa shape index (κ3) is 2.09. The van der Waals surface area contributed by atoms with E-state index in [1.807, 2.05) is 13.0 Å². The molecule has 0 aromatic heterocycles. The van der Waals surface area contributed by atoms with Crippen molar-refractivity contribution in [2.75, 3.05) is 6.61 Å². The first kappa shape index (κ1) is 9.34. The van der Waals surface area contributed by atoms with Gasteiger partial charge in [0.05, 0.1) is 18.2 Å². The molecule has 0 unspecified atom stereocenters. The molecule has 0 heterocycles. The number of nitriles is 1. The predicted molar refractivity (Wildman–Crippen MR) is 50.3 cm³/mol. The molecule has 0 aliphatic heterocycles. The summed E-state index contributed by atoms with van der Waals surface area (Å²) < 4.78 is 5.32. The highest BCUT2D eigenvalue weighted by atomic mass is 16.5. The molecule has 65 valence electrons. The minimum atomic E-state index is 0.592. The van der Waals surface area contributed by atoms with Crippen LogP contribution in [0.25, 0.3) is 0 Å². The smallest absolute Gasteiger partial charge is 0.127 e. The van der Waals surface area contributed by atoms with Gasteiger partial charge >= 0.3 is 0 Å². The molecule has 13 heavy (non-hydrogen) atoms. The first-order valence-corrected chi connectivity index (χ1v) is 4.02. The highest BCUT2D eigenvalue weighted by molar-refractivity contribution is 5.44. The fraction of sp³-hybridized carbons (Fsp3) is 0.182. The zero-order chi connectivity index (χ0) is 9.68. The standard InChI is InChI=1S/C11H10NO/c1-3-10-7-9(8-12)5-6-11(10)13-4-2/h5-7H,1,4H2,2H3. The van der Waals surface area contributed by atoms with Gasteiger partial charge in [-0.05, 0) is 31.2 Å². The normalized spacial score (nSPS) is 8.92. The van der Waals surface area contributed by atoms with Crippen LogP contribution in [0.4, 0.5) is 0 Å². The van der Waals surface area contributed by atoms with E-state index >= 15 is 0 Å². The van der Waals surface area contributed by atoms with Gasteiger partial charge < -0.3 is 4.74 Å². The molecule has 2 heteroatoms. The maximum atomic E-state index is 8.64. The molecule has 1 radical (unpaired) electrons. The van der Waals surface area contributed by atoms with E-state index < -0.39 is 0 Å². The Morgan fingerprint density at radius 2 is 2.31 bits per heavy atom. The summed E-state index contributed by atoms with van der Waals surface area (Å²) in [6.45, 7) is 6.04. The van der Waals surface area contributed by atoms with Gasteiger partial charge in [0.2, 0.25) is 0 Å². The molecule has 0 amide bonds. The molecule has 1 aromatic rings. The Morgan fingerprint density at radius 1 is 1.54 bits per heavy atom. The van der Waals surface area contributed by atoms with E-state index in [0.29, 0.717) is 12.2 Å². The van der Waals surface area contributed by atoms with Crippen LogP contribution in [-0.2, 0) is 0 Å². The Kier molecular flexibility index (Phi) is 3.10. The number of rotatable bonds is 3. The van der Waals surface area contributed by atoms with Crippen LogP contribution in [0, 0.1) is 17.4 Å². The van der Waals surface area contributed by atoms with Crippen molar-refractivity contribution in [2.24, 2.45) is 0 Å². The molecule has 0 saturated carbocycles. The minimum absolute atomic E-state index is 0.592. The molecule has 0 bridgehead atoms. The molecule has 2 nitrogen and oxygen atoms in total. The Hall–Kier alpha value is -1.75. The second-order valence-corrected chi connectivity index (χ2v) is 2.43. The van der Waals surface area contributed by atoms with Crippen molar-refractivity contribution in [2.45, 2.75) is 6.92 Å². The Bertz CT molecular complexity index is 350. The molecule has 1 rings (SSSR count). The molecule has 1 aromatic carbocycles. The van der Waals surface area contributed by atoms with Crippen LogP contribution in [0.2, 0.25) is 0 Å². The lowest BCUT2D eigenvalue weighted by Crippen LogP contribution is -1.94. The Morgan fingerprint density at radius 3 is 2.85 bits per heavy atom. The maximum absolute atomic E-state index is 8.64. The minimum Gasteiger partial charge on any atom is -0.493 e. The zero-order valence-electron chi connectivity index (χ0n) is 7.50. The molecule has 0 fully saturated rings. The maximum Gasteiger partial charge on any atom is 0.127 e. The SMILES string of the molecule is C=[C]c1cc(C#N)ccc1OCC. The van der Waals surface area contributed by atoms with Crippen molar-refractivity contribution in [3.8, 4) is 11.8 Å². The lowest BCUT2D eigenvalue weighted by atomic mass is 10.1. The molecule has 0 atom stereocenters. The van der Waals surface area contributed by atoms with Gasteiger partial charge in [0.1, 0.15) is 5.75 Å². The third-order valence-electron chi connectivity index (χ3n) is 1.60. The number of hydrogen-bond donors (Lipinski definition) is 0. The fourth-order valence-corrected chi connectivity index (χ4v) is 1.02. The van der Waals surface area contributed by atoms with Crippen molar-refractivity contribution in [3.05, 3.63) is 42.0 Å². The Balaban J connectivity index is 3.09. The van der Waals surface area contributed by atoms with E-state index in [2.05, 4.69) is 12.7 Å². The van der Waals surface area contributed by atoms with Gasteiger partial charge in [-0.2, -0.15) is 5.26 Å².